The minimum atomic E-state index is -2.51. The van der Waals surface area contributed by atoms with E-state index in [2.05, 4.69) is 13.8 Å². The van der Waals surface area contributed by atoms with Crippen molar-refractivity contribution in [1.29, 1.82) is 0 Å². The van der Waals surface area contributed by atoms with Crippen molar-refractivity contribution in [3.8, 4) is 0 Å². The fraction of sp³-hybridized carbons (Fsp3) is 0.685. The summed E-state index contributed by atoms with van der Waals surface area (Å²) in [4.78, 5) is 69.8. The number of ether oxygens (including phenoxy) is 5. The van der Waals surface area contributed by atoms with Crippen LogP contribution in [-0.2, 0) is 42.9 Å². The summed E-state index contributed by atoms with van der Waals surface area (Å²) in [6, 6.07) is 6.06. The Morgan fingerprint density at radius 2 is 1.63 bits per heavy atom. The number of rotatable bonds is 28. The van der Waals surface area contributed by atoms with E-state index in [1.807, 2.05) is 43.4 Å². The molecule has 68 heavy (non-hydrogen) atoms. The molecule has 1 unspecified atom stereocenters. The Kier molecular flexibility index (Phi) is 24.7. The van der Waals surface area contributed by atoms with Crippen LogP contribution in [0.5, 0.6) is 0 Å². The molecule has 14 nitrogen and oxygen atoms in total. The fourth-order valence-corrected chi connectivity index (χ4v) is 9.51. The number of allylic oxidation sites excluding steroid dienone is 4. The van der Waals surface area contributed by atoms with Crippen LogP contribution < -0.4 is 0 Å². The van der Waals surface area contributed by atoms with Crippen molar-refractivity contribution < 1.29 is 63.0 Å². The summed E-state index contributed by atoms with van der Waals surface area (Å²) in [5, 5.41) is 34.1. The van der Waals surface area contributed by atoms with Crippen LogP contribution in [0.3, 0.4) is 0 Å². The van der Waals surface area contributed by atoms with Gasteiger partial charge in [-0.2, -0.15) is 0 Å². The third-order valence-electron chi connectivity index (χ3n) is 14.2. The van der Waals surface area contributed by atoms with Gasteiger partial charge in [-0.3, -0.25) is 19.2 Å². The van der Waals surface area contributed by atoms with E-state index in [1.165, 1.54) is 14.0 Å². The predicted molar refractivity (Wildman–Crippen MR) is 261 cm³/mol. The van der Waals surface area contributed by atoms with Crippen LogP contribution in [-0.4, -0.2) is 133 Å². The number of ketones is 3. The molecule has 3 N–H and O–H groups in total. The number of nitrogens with zero attached hydrogens (tertiary/aromatic N) is 1. The Labute approximate surface area is 405 Å². The number of benzene rings is 1. The summed E-state index contributed by atoms with van der Waals surface area (Å²) in [7, 11) is 5.78. The lowest BCUT2D eigenvalue weighted by Crippen LogP contribution is -2.58. The quantitative estimate of drug-likeness (QED) is 0.0244. The smallest absolute Gasteiger partial charge is 0.329 e. The molecule has 1 aromatic carbocycles. The van der Waals surface area contributed by atoms with Gasteiger partial charge in [0.05, 0.1) is 24.4 Å². The van der Waals surface area contributed by atoms with Crippen LogP contribution >= 0.6 is 0 Å². The van der Waals surface area contributed by atoms with Gasteiger partial charge in [0.2, 0.25) is 5.79 Å². The second-order valence-corrected chi connectivity index (χ2v) is 19.4. The highest BCUT2D eigenvalue weighted by Gasteiger charge is 2.50. The van der Waals surface area contributed by atoms with E-state index < -0.39 is 71.7 Å². The number of hydrogen-bond acceptors (Lipinski definition) is 13. The average Bonchev–Trinajstić information content (AvgIpc) is 3.33. The van der Waals surface area contributed by atoms with Crippen molar-refractivity contribution in [2.45, 2.75) is 168 Å². The largest absolute Gasteiger partial charge is 0.456 e. The zero-order valence-corrected chi connectivity index (χ0v) is 42.7. The Bertz CT molecular complexity index is 1880. The molecule has 14 heteroatoms. The van der Waals surface area contributed by atoms with Crippen molar-refractivity contribution in [1.82, 2.24) is 4.90 Å². The summed E-state index contributed by atoms with van der Waals surface area (Å²) in [5.41, 5.74) is 3.19. The van der Waals surface area contributed by atoms with Gasteiger partial charge in [0, 0.05) is 71.3 Å². The van der Waals surface area contributed by atoms with Crippen LogP contribution in [0.2, 0.25) is 0 Å². The number of esters is 1. The molecule has 0 aromatic heterocycles. The number of methoxy groups -OCH3 is 4. The summed E-state index contributed by atoms with van der Waals surface area (Å²) in [6.45, 7) is 13.4. The summed E-state index contributed by atoms with van der Waals surface area (Å²) in [6.07, 6.45) is 9.68. The van der Waals surface area contributed by atoms with Gasteiger partial charge in [0.1, 0.15) is 17.9 Å². The molecule has 1 heterocycles. The number of carbonyl (C=O) groups excluding carboxylic acids is 5. The average molecular weight is 954 g/mol. The van der Waals surface area contributed by atoms with Gasteiger partial charge in [0.25, 0.3) is 11.7 Å². The molecule has 1 aliphatic heterocycles. The van der Waals surface area contributed by atoms with Gasteiger partial charge in [-0.1, -0.05) is 88.3 Å². The first-order valence-electron chi connectivity index (χ1n) is 24.6. The van der Waals surface area contributed by atoms with Crippen LogP contribution in [0.1, 0.15) is 141 Å². The maximum Gasteiger partial charge on any atom is 0.329 e. The molecule has 382 valence electrons. The zero-order chi connectivity index (χ0) is 50.7. The molecule has 1 saturated heterocycles. The highest BCUT2D eigenvalue weighted by molar-refractivity contribution is 6.39. The SMILES string of the molecule is CC[C@@H](C)C/C(C)=C/C(C/C=C/c1ccc(C(C)=O)cc1)C(=O)C[C@H](O)[C@@H](C)[C@H](OC(=O)[C@@H]1CCCCN1C(=O)C(=O)[C@](O)(OC)[C@H](C)C[C@@H](CCOC)OC)/C(C)=C/[C@@H]1CC[C@@H](O)[C@H](OC)C1. The third kappa shape index (κ3) is 16.9. The number of aliphatic hydroxyl groups is 3. The van der Waals surface area contributed by atoms with Crippen molar-refractivity contribution in [2.24, 2.45) is 29.6 Å². The topological polar surface area (TPSA) is 195 Å². The minimum Gasteiger partial charge on any atom is -0.456 e. The van der Waals surface area contributed by atoms with Gasteiger partial charge in [-0.15, -0.1) is 0 Å². The number of hydrogen-bond donors (Lipinski definition) is 3. The lowest BCUT2D eigenvalue weighted by atomic mass is 9.81. The molecule has 3 rings (SSSR count). The molecule has 1 aromatic rings. The van der Waals surface area contributed by atoms with E-state index in [9.17, 15) is 39.3 Å². The van der Waals surface area contributed by atoms with Crippen LogP contribution in [0.15, 0.2) is 53.6 Å². The van der Waals surface area contributed by atoms with Gasteiger partial charge >= 0.3 is 5.97 Å². The molecular formula is C54H83NO13. The molecule has 2 fully saturated rings. The normalized spacial score (nSPS) is 23.5. The fourth-order valence-electron chi connectivity index (χ4n) is 9.51. The van der Waals surface area contributed by atoms with Crippen molar-refractivity contribution in [3.63, 3.8) is 0 Å². The van der Waals surface area contributed by atoms with E-state index in [0.29, 0.717) is 68.6 Å². The summed E-state index contributed by atoms with van der Waals surface area (Å²) >= 11 is 0. The highest BCUT2D eigenvalue weighted by atomic mass is 16.6. The second-order valence-electron chi connectivity index (χ2n) is 19.4. The standard InChI is InChI=1S/C54H83NO13/c1-12-34(2)28-35(3)29-43(17-15-16-40-19-22-42(23-20-40)39(7)56)48(59)33-47(58)38(6)50(36(4)30-41-21-24-46(57)49(32-41)66-10)68-53(62)45-18-13-14-26-55(45)52(61)51(60)54(63,67-11)37(5)31-44(65-9)25-27-64-8/h15-16,19-20,22-23,29-30,34,37-38,41,43-47,49-50,57-58,63H,12-14,17-18,21,24-28,31-33H2,1-11H3/b16-15+,35-29+,36-30+/t34-,37-,38-,41+,43?,44-,45+,46-,47+,49-,50-,54-/m1/s1. The number of likely N-dealkylation sites (tertiary alicyclic amines) is 1. The predicted octanol–water partition coefficient (Wildman–Crippen LogP) is 7.64. The highest BCUT2D eigenvalue weighted by Crippen LogP contribution is 2.33. The van der Waals surface area contributed by atoms with Crippen LogP contribution in [0.4, 0.5) is 0 Å². The van der Waals surface area contributed by atoms with Crippen molar-refractivity contribution >= 4 is 35.3 Å². The molecule has 0 radical (unpaired) electrons. The van der Waals surface area contributed by atoms with E-state index in [1.54, 1.807) is 47.1 Å². The second kappa shape index (κ2) is 28.7. The third-order valence-corrected chi connectivity index (χ3v) is 14.2. The lowest BCUT2D eigenvalue weighted by Gasteiger charge is -2.38. The van der Waals surface area contributed by atoms with Crippen LogP contribution in [0, 0.1) is 29.6 Å². The van der Waals surface area contributed by atoms with E-state index in [0.717, 1.165) is 36.0 Å². The van der Waals surface area contributed by atoms with Crippen molar-refractivity contribution in [3.05, 3.63) is 64.8 Å². The number of piperidine rings is 1. The molecule has 12 atom stereocenters. The van der Waals surface area contributed by atoms with Gasteiger partial charge < -0.3 is 43.9 Å². The molecule has 1 saturated carbocycles. The molecule has 0 bridgehead atoms. The molecule has 0 spiro atoms. The molecule has 1 aliphatic carbocycles. The van der Waals surface area contributed by atoms with Crippen LogP contribution in [0.25, 0.3) is 6.08 Å². The molecular weight excluding hydrogens is 871 g/mol. The first kappa shape index (κ1) is 58.4. The zero-order valence-electron chi connectivity index (χ0n) is 42.7. The first-order chi connectivity index (χ1) is 32.2. The number of carbonyl (C=O) groups is 5. The van der Waals surface area contributed by atoms with Gasteiger partial charge in [-0.25, -0.2) is 4.79 Å². The molecule has 1 amide bonds. The maximum absolute atomic E-state index is 14.5. The minimum absolute atomic E-state index is 0.0247. The Morgan fingerprint density at radius 1 is 0.941 bits per heavy atom. The Hall–Kier alpha value is -3.89. The number of aliphatic hydroxyl groups excluding tert-OH is 2. The van der Waals surface area contributed by atoms with Crippen molar-refractivity contribution in [2.75, 3.05) is 41.6 Å². The number of Topliss-reactive ketones (excluding diaryl/α,β-unsaturated/α-hetero) is 3. The monoisotopic (exact) mass is 954 g/mol. The van der Waals surface area contributed by atoms with Gasteiger partial charge in [0.15, 0.2) is 5.78 Å². The first-order valence-corrected chi connectivity index (χ1v) is 24.6. The lowest BCUT2D eigenvalue weighted by molar-refractivity contribution is -0.220. The van der Waals surface area contributed by atoms with E-state index in [4.69, 9.17) is 23.7 Å². The Morgan fingerprint density at radius 3 is 2.24 bits per heavy atom. The van der Waals surface area contributed by atoms with Gasteiger partial charge in [-0.05, 0) is 108 Å². The summed E-state index contributed by atoms with van der Waals surface area (Å²) in [5.74, 6) is -7.63. The Balaban J connectivity index is 1.95. The molecule has 2 aliphatic rings. The van der Waals surface area contributed by atoms with E-state index in [-0.39, 0.29) is 49.4 Å². The maximum atomic E-state index is 14.5. The number of amides is 1. The summed E-state index contributed by atoms with van der Waals surface area (Å²) < 4.78 is 28.0. The van der Waals surface area contributed by atoms with E-state index >= 15 is 0 Å².